The Morgan fingerprint density at radius 3 is 2.44 bits per heavy atom. The Morgan fingerprint density at radius 1 is 1.22 bits per heavy atom. The van der Waals surface area contributed by atoms with E-state index < -0.39 is 11.1 Å². The van der Waals surface area contributed by atoms with E-state index in [-0.39, 0.29) is 34.4 Å². The fraction of sp³-hybridized carbons (Fsp3) is 0.600. The van der Waals surface area contributed by atoms with Crippen molar-refractivity contribution in [1.82, 2.24) is 0 Å². The Balaban J connectivity index is 2.96. The number of amides is 1. The molecule has 1 aromatic carbocycles. The number of carbonyl (C=O) groups is 2. The summed E-state index contributed by atoms with van der Waals surface area (Å²) in [5, 5.41) is 2.35. The zero-order valence-electron chi connectivity index (χ0n) is 16.6. The van der Waals surface area contributed by atoms with Crippen LogP contribution in [0.5, 0.6) is 0 Å². The molecule has 1 aromatic rings. The summed E-state index contributed by atoms with van der Waals surface area (Å²) in [5.74, 6) is -0.752. The molecule has 152 valence electrons. The van der Waals surface area contributed by atoms with Gasteiger partial charge in [-0.1, -0.05) is 52.6 Å². The van der Waals surface area contributed by atoms with Crippen molar-refractivity contribution >= 4 is 40.9 Å². The average Bonchev–Trinajstić information content (AvgIpc) is 2.55. The molecule has 1 rings (SSSR count). The van der Waals surface area contributed by atoms with Crippen LogP contribution in [-0.4, -0.2) is 23.7 Å². The molecule has 0 aliphatic carbocycles. The first-order valence-electron chi connectivity index (χ1n) is 9.26. The molecule has 1 atom stereocenters. The smallest absolute Gasteiger partial charge is 0.319 e. The van der Waals surface area contributed by atoms with Gasteiger partial charge in [0.1, 0.15) is 11.1 Å². The van der Waals surface area contributed by atoms with Gasteiger partial charge in [0.15, 0.2) is 0 Å². The number of hydrogen-bond donors (Lipinski definition) is 1. The van der Waals surface area contributed by atoms with Crippen LogP contribution in [-0.2, 0) is 14.3 Å². The lowest BCUT2D eigenvalue weighted by atomic mass is 10.1. The third-order valence-electron chi connectivity index (χ3n) is 3.53. The fourth-order valence-electron chi connectivity index (χ4n) is 2.27. The summed E-state index contributed by atoms with van der Waals surface area (Å²) in [7, 11) is 0. The third-order valence-corrected chi connectivity index (χ3v) is 5.26. The van der Waals surface area contributed by atoms with Gasteiger partial charge in [-0.25, -0.2) is 4.39 Å². The predicted molar refractivity (Wildman–Crippen MR) is 110 cm³/mol. The highest BCUT2D eigenvalue weighted by atomic mass is 35.5. The molecule has 4 nitrogen and oxygen atoms in total. The van der Waals surface area contributed by atoms with Crippen molar-refractivity contribution in [2.45, 2.75) is 64.0 Å². The second-order valence-corrected chi connectivity index (χ2v) is 8.98. The normalized spacial score (nSPS) is 12.3. The van der Waals surface area contributed by atoms with Crippen molar-refractivity contribution in [3.63, 3.8) is 0 Å². The van der Waals surface area contributed by atoms with Gasteiger partial charge in [-0.15, -0.1) is 11.8 Å². The fourth-order valence-corrected chi connectivity index (χ4v) is 3.74. The Hall–Kier alpha value is -1.27. The maximum Gasteiger partial charge on any atom is 0.319 e. The first-order chi connectivity index (χ1) is 12.6. The second kappa shape index (κ2) is 11.5. The highest BCUT2D eigenvalue weighted by Gasteiger charge is 2.23. The van der Waals surface area contributed by atoms with Crippen molar-refractivity contribution < 1.29 is 18.7 Å². The van der Waals surface area contributed by atoms with E-state index >= 15 is 0 Å². The van der Waals surface area contributed by atoms with Gasteiger partial charge in [0, 0.05) is 11.3 Å². The molecule has 0 radical (unpaired) electrons. The highest BCUT2D eigenvalue weighted by Crippen LogP contribution is 2.36. The molecule has 0 saturated carbocycles. The second-order valence-electron chi connectivity index (χ2n) is 7.33. The molecule has 0 aliphatic rings. The van der Waals surface area contributed by atoms with Gasteiger partial charge >= 0.3 is 5.97 Å². The molecule has 27 heavy (non-hydrogen) atoms. The van der Waals surface area contributed by atoms with Gasteiger partial charge in [0.05, 0.1) is 17.3 Å². The number of ether oxygens (including phenoxy) is 1. The number of halogens is 2. The van der Waals surface area contributed by atoms with Crippen LogP contribution < -0.4 is 5.32 Å². The SMILES string of the molecule is CCCC(Sc1cc(NC(=O)CC(C)C)c(F)cc1Cl)C(=O)OCC(C)C. The number of rotatable bonds is 10. The molecule has 0 fully saturated rings. The lowest BCUT2D eigenvalue weighted by Gasteiger charge is -2.18. The summed E-state index contributed by atoms with van der Waals surface area (Å²) < 4.78 is 19.5. The van der Waals surface area contributed by atoms with Crippen molar-refractivity contribution in [3.05, 3.63) is 23.0 Å². The Morgan fingerprint density at radius 2 is 1.89 bits per heavy atom. The third kappa shape index (κ3) is 8.52. The lowest BCUT2D eigenvalue weighted by Crippen LogP contribution is -2.22. The predicted octanol–water partition coefficient (Wildman–Crippen LogP) is 5.92. The number of carbonyl (C=O) groups excluding carboxylic acids is 2. The van der Waals surface area contributed by atoms with E-state index in [0.717, 1.165) is 12.5 Å². The molecular formula is C20H29ClFNO3S. The molecule has 7 heteroatoms. The number of hydrogen-bond acceptors (Lipinski definition) is 4. The standard InChI is InChI=1S/C20H29ClFNO3S/c1-6-7-17(20(25)26-11-13(4)5)27-18-10-16(15(22)9-14(18)21)23-19(24)8-12(2)3/h9-10,12-13,17H,6-8,11H2,1-5H3,(H,23,24). The van der Waals surface area contributed by atoms with Crippen LogP contribution >= 0.6 is 23.4 Å². The van der Waals surface area contributed by atoms with E-state index in [1.165, 1.54) is 17.8 Å². The minimum Gasteiger partial charge on any atom is -0.465 e. The number of nitrogens with one attached hydrogen (secondary N) is 1. The van der Waals surface area contributed by atoms with E-state index in [2.05, 4.69) is 5.32 Å². The highest BCUT2D eigenvalue weighted by molar-refractivity contribution is 8.00. The van der Waals surface area contributed by atoms with Crippen molar-refractivity contribution in [1.29, 1.82) is 0 Å². The summed E-state index contributed by atoms with van der Waals surface area (Å²) >= 11 is 7.41. The summed E-state index contributed by atoms with van der Waals surface area (Å²) in [6, 6.07) is 2.65. The zero-order chi connectivity index (χ0) is 20.6. The minimum absolute atomic E-state index is 0.0679. The van der Waals surface area contributed by atoms with Gasteiger partial charge in [-0.3, -0.25) is 9.59 Å². The molecule has 0 aromatic heterocycles. The Labute approximate surface area is 170 Å². The summed E-state index contributed by atoms with van der Waals surface area (Å²) in [6.07, 6.45) is 1.71. The van der Waals surface area contributed by atoms with Crippen LogP contribution in [0.15, 0.2) is 17.0 Å². The maximum atomic E-state index is 14.2. The number of benzene rings is 1. The Kier molecular flexibility index (Phi) is 10.2. The van der Waals surface area contributed by atoms with Gasteiger partial charge in [-0.2, -0.15) is 0 Å². The topological polar surface area (TPSA) is 55.4 Å². The first kappa shape index (κ1) is 23.8. The van der Waals surface area contributed by atoms with E-state index in [4.69, 9.17) is 16.3 Å². The monoisotopic (exact) mass is 417 g/mol. The first-order valence-corrected chi connectivity index (χ1v) is 10.5. The molecule has 0 aliphatic heterocycles. The van der Waals surface area contributed by atoms with Crippen LogP contribution in [0, 0.1) is 17.7 Å². The van der Waals surface area contributed by atoms with E-state index in [9.17, 15) is 14.0 Å². The maximum absolute atomic E-state index is 14.2. The molecule has 0 heterocycles. The molecular weight excluding hydrogens is 389 g/mol. The zero-order valence-corrected chi connectivity index (χ0v) is 18.2. The van der Waals surface area contributed by atoms with E-state index in [1.54, 1.807) is 0 Å². The van der Waals surface area contributed by atoms with E-state index in [0.29, 0.717) is 24.3 Å². The van der Waals surface area contributed by atoms with E-state index in [1.807, 2.05) is 34.6 Å². The molecule has 0 saturated heterocycles. The van der Waals surface area contributed by atoms with Gasteiger partial charge in [0.2, 0.25) is 5.91 Å². The van der Waals surface area contributed by atoms with Gasteiger partial charge in [0.25, 0.3) is 0 Å². The van der Waals surface area contributed by atoms with Crippen LogP contribution in [0.25, 0.3) is 0 Å². The van der Waals surface area contributed by atoms with Crippen LogP contribution in [0.2, 0.25) is 5.02 Å². The molecule has 1 unspecified atom stereocenters. The largest absolute Gasteiger partial charge is 0.465 e. The minimum atomic E-state index is -0.601. The summed E-state index contributed by atoms with van der Waals surface area (Å²) in [5.41, 5.74) is 0.0679. The molecule has 0 spiro atoms. The average molecular weight is 418 g/mol. The molecule has 1 amide bonds. The number of anilines is 1. The summed E-state index contributed by atoms with van der Waals surface area (Å²) in [4.78, 5) is 24.9. The molecule has 0 bridgehead atoms. The van der Waals surface area contributed by atoms with Gasteiger partial charge < -0.3 is 10.1 Å². The van der Waals surface area contributed by atoms with Crippen LogP contribution in [0.3, 0.4) is 0 Å². The van der Waals surface area contributed by atoms with Crippen LogP contribution in [0.4, 0.5) is 10.1 Å². The Bertz CT molecular complexity index is 652. The summed E-state index contributed by atoms with van der Waals surface area (Å²) in [6.45, 7) is 10.1. The van der Waals surface area contributed by atoms with Gasteiger partial charge in [-0.05, 0) is 30.4 Å². The van der Waals surface area contributed by atoms with Crippen molar-refractivity contribution in [2.75, 3.05) is 11.9 Å². The number of thioether (sulfide) groups is 1. The lowest BCUT2D eigenvalue weighted by molar-refractivity contribution is -0.144. The van der Waals surface area contributed by atoms with Crippen molar-refractivity contribution in [2.24, 2.45) is 11.8 Å². The molecule has 1 N–H and O–H groups in total. The number of esters is 1. The quantitative estimate of drug-likeness (QED) is 0.379. The van der Waals surface area contributed by atoms with Crippen molar-refractivity contribution in [3.8, 4) is 0 Å². The van der Waals surface area contributed by atoms with Crippen LogP contribution in [0.1, 0.15) is 53.9 Å².